The molecule has 30 heavy (non-hydrogen) atoms. The second-order valence-electron chi connectivity index (χ2n) is 7.41. The number of benzene rings is 2. The molecule has 2 aromatic carbocycles. The van der Waals surface area contributed by atoms with Gasteiger partial charge in [0.15, 0.2) is 0 Å². The fourth-order valence-electron chi connectivity index (χ4n) is 3.28. The van der Waals surface area contributed by atoms with Gasteiger partial charge in [-0.3, -0.25) is 4.55 Å². The Balaban J connectivity index is 0.00000450. The Hall–Kier alpha value is -0.414. The molecule has 0 aliphatic heterocycles. The minimum absolute atomic E-state index is 0. The maximum Gasteiger partial charge on any atom is 1.00 e. The van der Waals surface area contributed by atoms with Crippen LogP contribution >= 0.6 is 0 Å². The van der Waals surface area contributed by atoms with Gasteiger partial charge in [0.2, 0.25) is 0 Å². The summed E-state index contributed by atoms with van der Waals surface area (Å²) in [5.74, 6) is 0.251. The molecular formula is C23H31KO5S. The van der Waals surface area contributed by atoms with Gasteiger partial charge in [-0.2, -0.15) is 8.42 Å². The van der Waals surface area contributed by atoms with Crippen LogP contribution in [-0.2, 0) is 16.5 Å². The molecule has 0 bridgehead atoms. The van der Waals surface area contributed by atoms with Gasteiger partial charge in [0.25, 0.3) is 10.1 Å². The number of hydrogen-bond acceptors (Lipinski definition) is 4. The van der Waals surface area contributed by atoms with Crippen molar-refractivity contribution in [2.75, 3.05) is 0 Å². The summed E-state index contributed by atoms with van der Waals surface area (Å²) in [5, 5.41) is 11.2. The Morgan fingerprint density at radius 2 is 1.43 bits per heavy atom. The summed E-state index contributed by atoms with van der Waals surface area (Å²) in [4.78, 5) is -0.278. The number of ether oxygens (including phenoxy) is 1. The van der Waals surface area contributed by atoms with Crippen molar-refractivity contribution >= 4 is 10.1 Å². The molecule has 5 nitrogen and oxygen atoms in total. The van der Waals surface area contributed by atoms with Gasteiger partial charge in [-0.1, -0.05) is 76.5 Å². The van der Waals surface area contributed by atoms with E-state index in [9.17, 15) is 18.1 Å². The van der Waals surface area contributed by atoms with Gasteiger partial charge in [-0.15, -0.1) is 5.75 Å². The van der Waals surface area contributed by atoms with Crippen molar-refractivity contribution in [3.63, 3.8) is 0 Å². The maximum absolute atomic E-state index is 11.7. The zero-order chi connectivity index (χ0) is 21.1. The van der Waals surface area contributed by atoms with Crippen LogP contribution in [0.5, 0.6) is 17.2 Å². The minimum Gasteiger partial charge on any atom is -0.872 e. The average Bonchev–Trinajstić information content (AvgIpc) is 2.68. The first-order valence-corrected chi connectivity index (χ1v) is 11.9. The van der Waals surface area contributed by atoms with E-state index in [-0.39, 0.29) is 67.8 Å². The summed E-state index contributed by atoms with van der Waals surface area (Å²) in [6.07, 6.45) is 12.0. The smallest absolute Gasteiger partial charge is 0.872 e. The summed E-state index contributed by atoms with van der Waals surface area (Å²) in [6.45, 7) is 2.22. The zero-order valence-electron chi connectivity index (χ0n) is 18.1. The third-order valence-electron chi connectivity index (χ3n) is 4.91. The molecule has 7 heteroatoms. The topological polar surface area (TPSA) is 86.7 Å². The predicted octanol–water partition coefficient (Wildman–Crippen LogP) is 2.88. The van der Waals surface area contributed by atoms with Gasteiger partial charge in [0, 0.05) is 0 Å². The Morgan fingerprint density at radius 3 is 2.00 bits per heavy atom. The first kappa shape index (κ1) is 27.6. The van der Waals surface area contributed by atoms with E-state index in [1.807, 2.05) is 0 Å². The second-order valence-corrected chi connectivity index (χ2v) is 8.80. The van der Waals surface area contributed by atoms with Crippen molar-refractivity contribution in [3.05, 3.63) is 48.0 Å². The van der Waals surface area contributed by atoms with E-state index in [0.717, 1.165) is 24.8 Å². The molecule has 0 atom stereocenters. The molecule has 0 aliphatic rings. The Morgan fingerprint density at radius 1 is 0.867 bits per heavy atom. The van der Waals surface area contributed by atoms with Crippen molar-refractivity contribution in [1.29, 1.82) is 0 Å². The van der Waals surface area contributed by atoms with Crippen molar-refractivity contribution in [3.8, 4) is 17.2 Å². The first-order valence-electron chi connectivity index (χ1n) is 10.5. The van der Waals surface area contributed by atoms with Gasteiger partial charge in [-0.05, 0) is 42.7 Å². The number of aryl methyl sites for hydroxylation is 1. The van der Waals surface area contributed by atoms with Crippen LogP contribution in [0.4, 0.5) is 0 Å². The molecule has 0 saturated heterocycles. The van der Waals surface area contributed by atoms with Crippen molar-refractivity contribution in [1.82, 2.24) is 0 Å². The SMILES string of the molecule is CCCCCCCCCCCc1ccc(S(=O)(=O)O)c(Oc2ccc([O-])cc2)c1.[K+]. The van der Waals surface area contributed by atoms with Crippen LogP contribution in [0.2, 0.25) is 0 Å². The van der Waals surface area contributed by atoms with E-state index in [1.54, 1.807) is 12.1 Å². The van der Waals surface area contributed by atoms with E-state index < -0.39 is 10.1 Å². The Bertz CT molecular complexity index is 850. The molecule has 0 amide bonds. The van der Waals surface area contributed by atoms with E-state index >= 15 is 0 Å². The maximum atomic E-state index is 11.7. The molecule has 0 unspecified atom stereocenters. The number of unbranched alkanes of at least 4 members (excludes halogenated alkanes) is 8. The molecule has 2 rings (SSSR count). The van der Waals surface area contributed by atoms with Gasteiger partial charge in [-0.25, -0.2) is 0 Å². The van der Waals surface area contributed by atoms with Gasteiger partial charge >= 0.3 is 51.4 Å². The summed E-state index contributed by atoms with van der Waals surface area (Å²) >= 11 is 0. The van der Waals surface area contributed by atoms with Gasteiger partial charge in [0.05, 0.1) is 0 Å². The third kappa shape index (κ3) is 10.3. The van der Waals surface area contributed by atoms with Crippen LogP contribution < -0.4 is 61.2 Å². The second kappa shape index (κ2) is 14.6. The van der Waals surface area contributed by atoms with E-state index in [2.05, 4.69) is 6.92 Å². The van der Waals surface area contributed by atoms with Gasteiger partial charge < -0.3 is 9.84 Å². The van der Waals surface area contributed by atoms with Crippen LogP contribution in [0.1, 0.15) is 70.3 Å². The molecule has 1 N–H and O–H groups in total. The minimum atomic E-state index is -4.41. The normalized spacial score (nSPS) is 11.1. The molecule has 0 aliphatic carbocycles. The zero-order valence-corrected chi connectivity index (χ0v) is 22.0. The first-order chi connectivity index (χ1) is 13.9. The van der Waals surface area contributed by atoms with E-state index in [4.69, 9.17) is 4.74 Å². The number of rotatable bonds is 13. The summed E-state index contributed by atoms with van der Waals surface area (Å²) in [6, 6.07) is 10.4. The Labute approximate surface area is 223 Å². The fourth-order valence-corrected chi connectivity index (χ4v) is 3.87. The Kier molecular flexibility index (Phi) is 13.5. The predicted molar refractivity (Wildman–Crippen MR) is 113 cm³/mol. The molecule has 0 saturated carbocycles. The largest absolute Gasteiger partial charge is 1.00 e. The van der Waals surface area contributed by atoms with Crippen molar-refractivity contribution < 1.29 is 74.2 Å². The van der Waals surface area contributed by atoms with Crippen LogP contribution in [-0.4, -0.2) is 13.0 Å². The molecule has 0 radical (unpaired) electrons. The van der Waals surface area contributed by atoms with Crippen LogP contribution in [0.3, 0.4) is 0 Å². The standard InChI is InChI=1S/C23H32O5S.K/c1-2-3-4-5-6-7-8-9-10-11-19-12-17-23(29(25,26)27)22(18-19)28-21-15-13-20(24)14-16-21;/h12-18,24H,2-11H2,1H3,(H,25,26,27);/q;+1/p-1. The quantitative estimate of drug-likeness (QED) is 0.283. The average molecular weight is 459 g/mol. The molecule has 160 valence electrons. The fraction of sp³-hybridized carbons (Fsp3) is 0.478. The molecule has 2 aromatic rings. The molecule has 0 spiro atoms. The van der Waals surface area contributed by atoms with Crippen LogP contribution in [0, 0.1) is 0 Å². The molecule has 0 heterocycles. The summed E-state index contributed by atoms with van der Waals surface area (Å²) < 4.78 is 38.4. The third-order valence-corrected chi connectivity index (χ3v) is 5.80. The summed E-state index contributed by atoms with van der Waals surface area (Å²) in [7, 11) is -4.41. The molecular weight excluding hydrogens is 427 g/mol. The number of hydrogen-bond donors (Lipinski definition) is 1. The van der Waals surface area contributed by atoms with Crippen LogP contribution in [0.25, 0.3) is 0 Å². The van der Waals surface area contributed by atoms with Gasteiger partial charge in [0.1, 0.15) is 16.4 Å². The summed E-state index contributed by atoms with van der Waals surface area (Å²) in [5.41, 5.74) is 0.954. The van der Waals surface area contributed by atoms with E-state index in [0.29, 0.717) is 5.75 Å². The van der Waals surface area contributed by atoms with Crippen LogP contribution in [0.15, 0.2) is 47.4 Å². The van der Waals surface area contributed by atoms with Crippen molar-refractivity contribution in [2.45, 2.75) is 76.0 Å². The molecule has 0 fully saturated rings. The van der Waals surface area contributed by atoms with E-state index in [1.165, 1.54) is 75.3 Å². The van der Waals surface area contributed by atoms with Crippen molar-refractivity contribution in [2.24, 2.45) is 0 Å². The molecule has 0 aromatic heterocycles. The monoisotopic (exact) mass is 458 g/mol.